The van der Waals surface area contributed by atoms with Gasteiger partial charge in [-0.2, -0.15) is 0 Å². The van der Waals surface area contributed by atoms with Crippen molar-refractivity contribution in [2.24, 2.45) is 0 Å². The van der Waals surface area contributed by atoms with Crippen LogP contribution in [0.2, 0.25) is 0 Å². The quantitative estimate of drug-likeness (QED) is 0.600. The van der Waals surface area contributed by atoms with E-state index in [1.54, 1.807) is 6.08 Å². The molecule has 7 nitrogen and oxygen atoms in total. The summed E-state index contributed by atoms with van der Waals surface area (Å²) < 4.78 is 25.5. The van der Waals surface area contributed by atoms with E-state index in [0.29, 0.717) is 5.69 Å². The van der Waals surface area contributed by atoms with Gasteiger partial charge in [-0.3, -0.25) is 9.59 Å². The summed E-state index contributed by atoms with van der Waals surface area (Å²) >= 11 is 0. The molecule has 0 aliphatic heterocycles. The van der Waals surface area contributed by atoms with E-state index in [2.05, 4.69) is 15.4 Å². The fourth-order valence-corrected chi connectivity index (χ4v) is 2.88. The monoisotopic (exact) mass is 387 g/mol. The second-order valence-electron chi connectivity index (χ2n) is 5.57. The predicted molar refractivity (Wildman–Crippen MR) is 104 cm³/mol. The van der Waals surface area contributed by atoms with Crippen molar-refractivity contribution in [1.82, 2.24) is 10.0 Å². The third-order valence-corrected chi connectivity index (χ3v) is 5.03. The van der Waals surface area contributed by atoms with E-state index >= 15 is 0 Å². The Hall–Kier alpha value is -2.97. The number of rotatable bonds is 8. The number of hydrogen-bond donors (Lipinski definition) is 3. The van der Waals surface area contributed by atoms with Crippen molar-refractivity contribution in [2.45, 2.75) is 11.3 Å². The Bertz CT molecular complexity index is 908. The van der Waals surface area contributed by atoms with Gasteiger partial charge in [0.05, 0.1) is 4.90 Å². The van der Waals surface area contributed by atoms with Gasteiger partial charge in [0, 0.05) is 24.7 Å². The second kappa shape index (κ2) is 9.65. The van der Waals surface area contributed by atoms with Gasteiger partial charge in [0.1, 0.15) is 0 Å². The Morgan fingerprint density at radius 1 is 1.00 bits per heavy atom. The average molecular weight is 387 g/mol. The van der Waals surface area contributed by atoms with Crippen LogP contribution in [-0.4, -0.2) is 33.8 Å². The first kappa shape index (κ1) is 20.3. The number of benzene rings is 2. The third-order valence-electron chi connectivity index (χ3n) is 3.60. The highest BCUT2D eigenvalue weighted by atomic mass is 32.2. The molecule has 0 aliphatic rings. The molecule has 2 aromatic carbocycles. The molecule has 0 saturated carbocycles. The second-order valence-corrected chi connectivity index (χ2v) is 7.45. The molecule has 0 saturated heterocycles. The molecule has 0 radical (unpaired) electrons. The van der Waals surface area contributed by atoms with E-state index in [1.165, 1.54) is 37.4 Å². The van der Waals surface area contributed by atoms with Crippen molar-refractivity contribution in [1.29, 1.82) is 0 Å². The molecule has 0 heterocycles. The molecule has 27 heavy (non-hydrogen) atoms. The maximum atomic E-state index is 11.9. The highest BCUT2D eigenvalue weighted by Gasteiger charge is 2.11. The van der Waals surface area contributed by atoms with E-state index < -0.39 is 10.0 Å². The van der Waals surface area contributed by atoms with E-state index in [9.17, 15) is 18.0 Å². The van der Waals surface area contributed by atoms with Crippen molar-refractivity contribution in [2.75, 3.05) is 18.9 Å². The molecule has 3 N–H and O–H groups in total. The van der Waals surface area contributed by atoms with Crippen LogP contribution in [0.1, 0.15) is 12.0 Å². The zero-order chi connectivity index (χ0) is 19.7. The van der Waals surface area contributed by atoms with Crippen molar-refractivity contribution in [3.05, 3.63) is 66.2 Å². The fourth-order valence-electron chi connectivity index (χ4n) is 2.15. The smallest absolute Gasteiger partial charge is 0.244 e. The highest BCUT2D eigenvalue weighted by Crippen LogP contribution is 2.13. The summed E-state index contributed by atoms with van der Waals surface area (Å²) in [6.45, 7) is 0.190. The summed E-state index contributed by atoms with van der Waals surface area (Å²) in [4.78, 5) is 23.7. The number of nitrogens with one attached hydrogen (secondary N) is 3. The maximum absolute atomic E-state index is 11.9. The molecule has 0 spiro atoms. The molecule has 0 bridgehead atoms. The zero-order valence-corrected chi connectivity index (χ0v) is 15.6. The minimum atomic E-state index is -3.51. The molecular formula is C19H21N3O4S. The molecule has 0 fully saturated rings. The van der Waals surface area contributed by atoms with Crippen LogP contribution in [0.15, 0.2) is 65.6 Å². The van der Waals surface area contributed by atoms with Gasteiger partial charge in [-0.15, -0.1) is 0 Å². The third kappa shape index (κ3) is 6.69. The van der Waals surface area contributed by atoms with Gasteiger partial charge in [-0.05, 0) is 43.0 Å². The predicted octanol–water partition coefficient (Wildman–Crippen LogP) is 1.75. The standard InChI is InChI=1S/C19H21N3O4S/c1-20-27(25,26)17-10-8-16(9-11-17)22-19(24)13-14-21-18(23)12-7-15-5-3-2-4-6-15/h2-12,20H,13-14H2,1H3,(H,21,23)(H,22,24)/b12-7+. The summed E-state index contributed by atoms with van der Waals surface area (Å²) in [7, 11) is -2.18. The molecule has 2 amide bonds. The lowest BCUT2D eigenvalue weighted by molar-refractivity contribution is -0.117. The number of amides is 2. The van der Waals surface area contributed by atoms with Crippen molar-refractivity contribution in [3.8, 4) is 0 Å². The number of anilines is 1. The SMILES string of the molecule is CNS(=O)(=O)c1ccc(NC(=O)CCNC(=O)/C=C/c2ccccc2)cc1. The summed E-state index contributed by atoms with van der Waals surface area (Å²) in [5.41, 5.74) is 1.39. The minimum Gasteiger partial charge on any atom is -0.352 e. The van der Waals surface area contributed by atoms with Crippen LogP contribution in [0.3, 0.4) is 0 Å². The lowest BCUT2D eigenvalue weighted by atomic mass is 10.2. The number of hydrogen-bond acceptors (Lipinski definition) is 4. The van der Waals surface area contributed by atoms with Crippen LogP contribution in [0.5, 0.6) is 0 Å². The Morgan fingerprint density at radius 2 is 1.67 bits per heavy atom. The highest BCUT2D eigenvalue weighted by molar-refractivity contribution is 7.89. The van der Waals surface area contributed by atoms with Crippen molar-refractivity contribution in [3.63, 3.8) is 0 Å². The first-order valence-electron chi connectivity index (χ1n) is 8.25. The lowest BCUT2D eigenvalue weighted by Crippen LogP contribution is -2.26. The molecule has 0 aromatic heterocycles. The normalized spacial score (nSPS) is 11.3. The van der Waals surface area contributed by atoms with Gasteiger partial charge >= 0.3 is 0 Å². The van der Waals surface area contributed by atoms with E-state index in [4.69, 9.17) is 0 Å². The van der Waals surface area contributed by atoms with Gasteiger partial charge < -0.3 is 10.6 Å². The van der Waals surface area contributed by atoms with Crippen LogP contribution >= 0.6 is 0 Å². The number of carbonyl (C=O) groups is 2. The molecule has 142 valence electrons. The van der Waals surface area contributed by atoms with Crippen LogP contribution in [0.25, 0.3) is 6.08 Å². The lowest BCUT2D eigenvalue weighted by Gasteiger charge is -2.07. The van der Waals surface area contributed by atoms with Crippen LogP contribution in [0.4, 0.5) is 5.69 Å². The van der Waals surface area contributed by atoms with Crippen molar-refractivity contribution >= 4 is 33.6 Å². The Labute approximate surface area is 158 Å². The first-order chi connectivity index (χ1) is 12.9. The number of sulfonamides is 1. The average Bonchev–Trinajstić information content (AvgIpc) is 2.67. The zero-order valence-electron chi connectivity index (χ0n) is 14.8. The Morgan fingerprint density at radius 3 is 2.30 bits per heavy atom. The van der Waals surface area contributed by atoms with Gasteiger partial charge in [0.2, 0.25) is 21.8 Å². The summed E-state index contributed by atoms with van der Waals surface area (Å²) in [6.07, 6.45) is 3.20. The first-order valence-corrected chi connectivity index (χ1v) is 9.73. The van der Waals surface area contributed by atoms with Crippen molar-refractivity contribution < 1.29 is 18.0 Å². The summed E-state index contributed by atoms with van der Waals surface area (Å²) in [6, 6.07) is 15.2. The van der Waals surface area contributed by atoms with Gasteiger partial charge in [0.15, 0.2) is 0 Å². The molecule has 2 aromatic rings. The summed E-state index contributed by atoms with van der Waals surface area (Å²) in [5.74, 6) is -0.570. The number of carbonyl (C=O) groups excluding carboxylic acids is 2. The molecule has 2 rings (SSSR count). The molecular weight excluding hydrogens is 366 g/mol. The summed E-state index contributed by atoms with van der Waals surface area (Å²) in [5, 5.41) is 5.28. The largest absolute Gasteiger partial charge is 0.352 e. The molecule has 0 atom stereocenters. The van der Waals surface area contributed by atoms with E-state index in [-0.39, 0.29) is 29.7 Å². The van der Waals surface area contributed by atoms with E-state index in [1.807, 2.05) is 30.3 Å². The maximum Gasteiger partial charge on any atom is 0.244 e. The topological polar surface area (TPSA) is 104 Å². The van der Waals surface area contributed by atoms with E-state index in [0.717, 1.165) is 5.56 Å². The van der Waals surface area contributed by atoms with Gasteiger partial charge in [-0.25, -0.2) is 13.1 Å². The Balaban J connectivity index is 1.76. The van der Waals surface area contributed by atoms with Crippen LogP contribution in [0, 0.1) is 0 Å². The molecule has 0 unspecified atom stereocenters. The fraction of sp³-hybridized carbons (Fsp3) is 0.158. The van der Waals surface area contributed by atoms with Gasteiger partial charge in [0.25, 0.3) is 0 Å². The van der Waals surface area contributed by atoms with Gasteiger partial charge in [-0.1, -0.05) is 30.3 Å². The minimum absolute atomic E-state index is 0.0987. The van der Waals surface area contributed by atoms with Crippen LogP contribution in [-0.2, 0) is 19.6 Å². The molecule has 0 aliphatic carbocycles. The molecule has 8 heteroatoms. The Kier molecular flexibility index (Phi) is 7.27. The van der Waals surface area contributed by atoms with Crippen LogP contribution < -0.4 is 15.4 Å².